The molecule has 0 saturated heterocycles. The zero-order chi connectivity index (χ0) is 10.8. The average Bonchev–Trinajstić information content (AvgIpc) is 2.14. The van der Waals surface area contributed by atoms with E-state index in [2.05, 4.69) is 24.1 Å². The summed E-state index contributed by atoms with van der Waals surface area (Å²) >= 11 is 0. The normalized spacial score (nSPS) is 10.4. The van der Waals surface area contributed by atoms with Crippen molar-refractivity contribution < 1.29 is 0 Å². The van der Waals surface area contributed by atoms with Crippen molar-refractivity contribution in [2.45, 2.75) is 20.3 Å². The predicted molar refractivity (Wildman–Crippen MR) is 62.8 cm³/mol. The molecule has 0 aromatic carbocycles. The molecule has 0 aliphatic carbocycles. The predicted octanol–water partition coefficient (Wildman–Crippen LogP) is 1.69. The second-order valence-corrected chi connectivity index (χ2v) is 3.22. The molecule has 0 saturated carbocycles. The highest BCUT2D eigenvalue weighted by atomic mass is 14.9. The van der Waals surface area contributed by atoms with Crippen LogP contribution in [0.25, 0.3) is 0 Å². The quantitative estimate of drug-likeness (QED) is 0.313. The molecule has 0 fully saturated rings. The maximum Gasteiger partial charge on any atom is 0.0283 e. The lowest BCUT2D eigenvalue weighted by atomic mass is 10.3. The first-order valence-corrected chi connectivity index (χ1v) is 5.03. The zero-order valence-electron chi connectivity index (χ0n) is 9.19. The molecule has 0 bridgehead atoms. The Morgan fingerprint density at radius 3 is 2.57 bits per heavy atom. The molecule has 0 atom stereocenters. The molecule has 0 radical (unpaired) electrons. The first-order chi connectivity index (χ1) is 6.66. The maximum absolute atomic E-state index is 7.19. The van der Waals surface area contributed by atoms with E-state index >= 15 is 0 Å². The second kappa shape index (κ2) is 8.51. The number of allylic oxidation sites excluding steroid dienone is 2. The van der Waals surface area contributed by atoms with Crippen LogP contribution in [-0.2, 0) is 0 Å². The summed E-state index contributed by atoms with van der Waals surface area (Å²) < 4.78 is 0. The van der Waals surface area contributed by atoms with E-state index < -0.39 is 0 Å². The summed E-state index contributed by atoms with van der Waals surface area (Å²) in [5, 5.41) is 13.6. The highest BCUT2D eigenvalue weighted by Crippen LogP contribution is 1.86. The van der Waals surface area contributed by atoms with Crippen LogP contribution in [0.2, 0.25) is 0 Å². The van der Waals surface area contributed by atoms with Gasteiger partial charge >= 0.3 is 0 Å². The van der Waals surface area contributed by atoms with Crippen LogP contribution in [-0.4, -0.2) is 25.3 Å². The van der Waals surface area contributed by atoms with Gasteiger partial charge in [0.15, 0.2) is 0 Å². The molecule has 3 nitrogen and oxygen atoms in total. The minimum absolute atomic E-state index is 0.539. The lowest BCUT2D eigenvalue weighted by molar-refractivity contribution is 0.646. The first kappa shape index (κ1) is 12.9. The summed E-state index contributed by atoms with van der Waals surface area (Å²) in [6, 6.07) is 0. The van der Waals surface area contributed by atoms with Gasteiger partial charge in [-0.1, -0.05) is 13.5 Å². The van der Waals surface area contributed by atoms with Gasteiger partial charge in [-0.05, 0) is 32.0 Å². The summed E-state index contributed by atoms with van der Waals surface area (Å²) in [5.41, 5.74) is 1.40. The van der Waals surface area contributed by atoms with Crippen LogP contribution in [0.3, 0.4) is 0 Å². The molecule has 3 N–H and O–H groups in total. The van der Waals surface area contributed by atoms with Gasteiger partial charge in [0.25, 0.3) is 0 Å². The number of hydrogen-bond donors (Lipinski definition) is 3. The Morgan fingerprint density at radius 1 is 1.29 bits per heavy atom. The number of nitrogens with one attached hydrogen (secondary N) is 3. The zero-order valence-corrected chi connectivity index (χ0v) is 9.19. The lowest BCUT2D eigenvalue weighted by Gasteiger charge is -2.06. The van der Waals surface area contributed by atoms with Crippen molar-refractivity contribution in [1.29, 1.82) is 5.41 Å². The van der Waals surface area contributed by atoms with E-state index in [1.807, 2.05) is 6.08 Å². The Labute approximate surface area is 86.8 Å². The Bertz CT molecular complexity index is 207. The molecule has 0 unspecified atom stereocenters. The molecule has 0 aromatic rings. The van der Waals surface area contributed by atoms with Crippen molar-refractivity contribution >= 4 is 5.71 Å². The SMILES string of the molecule is C=C(/C=C\C(C)=N)NCCNCCC. The molecule has 0 aliphatic heterocycles. The van der Waals surface area contributed by atoms with Crippen LogP contribution < -0.4 is 10.6 Å². The molecule has 80 valence electrons. The van der Waals surface area contributed by atoms with E-state index in [-0.39, 0.29) is 0 Å². The van der Waals surface area contributed by atoms with Gasteiger partial charge in [-0.25, -0.2) is 0 Å². The number of rotatable bonds is 8. The van der Waals surface area contributed by atoms with Gasteiger partial charge in [0.2, 0.25) is 0 Å². The van der Waals surface area contributed by atoms with Crippen molar-refractivity contribution in [2.75, 3.05) is 19.6 Å². The fraction of sp³-hybridized carbons (Fsp3) is 0.545. The fourth-order valence-electron chi connectivity index (χ4n) is 0.898. The highest BCUT2D eigenvalue weighted by molar-refractivity contribution is 5.90. The monoisotopic (exact) mass is 195 g/mol. The van der Waals surface area contributed by atoms with Crippen LogP contribution in [0.5, 0.6) is 0 Å². The van der Waals surface area contributed by atoms with Crippen LogP contribution in [0.4, 0.5) is 0 Å². The van der Waals surface area contributed by atoms with Gasteiger partial charge in [0.1, 0.15) is 0 Å². The smallest absolute Gasteiger partial charge is 0.0283 e. The molecule has 3 heteroatoms. The average molecular weight is 195 g/mol. The molecular weight excluding hydrogens is 174 g/mol. The van der Waals surface area contributed by atoms with Crippen molar-refractivity contribution in [3.05, 3.63) is 24.4 Å². The van der Waals surface area contributed by atoms with Crippen LogP contribution in [0, 0.1) is 5.41 Å². The Kier molecular flexibility index (Phi) is 7.84. The molecular formula is C11H21N3. The van der Waals surface area contributed by atoms with Crippen molar-refractivity contribution in [1.82, 2.24) is 10.6 Å². The van der Waals surface area contributed by atoms with Crippen molar-refractivity contribution in [3.8, 4) is 0 Å². The largest absolute Gasteiger partial charge is 0.384 e. The lowest BCUT2D eigenvalue weighted by Crippen LogP contribution is -2.26. The minimum atomic E-state index is 0.539. The van der Waals surface area contributed by atoms with E-state index in [1.165, 1.54) is 0 Å². The molecule has 14 heavy (non-hydrogen) atoms. The van der Waals surface area contributed by atoms with E-state index in [4.69, 9.17) is 5.41 Å². The highest BCUT2D eigenvalue weighted by Gasteiger charge is 1.87. The van der Waals surface area contributed by atoms with Crippen LogP contribution in [0.1, 0.15) is 20.3 Å². The molecule has 0 heterocycles. The standard InChI is InChI=1S/C11H21N3/c1-4-7-13-8-9-14-11(3)6-5-10(2)12/h5-6,12-14H,3-4,7-9H2,1-2H3/b6-5-,12-10?. The summed E-state index contributed by atoms with van der Waals surface area (Å²) in [6.07, 6.45) is 4.71. The van der Waals surface area contributed by atoms with E-state index in [0.717, 1.165) is 31.8 Å². The summed E-state index contributed by atoms with van der Waals surface area (Å²) in [6.45, 7) is 10.6. The Balaban J connectivity index is 3.40. The second-order valence-electron chi connectivity index (χ2n) is 3.22. The molecule has 0 aromatic heterocycles. The van der Waals surface area contributed by atoms with Crippen molar-refractivity contribution in [2.24, 2.45) is 0 Å². The summed E-state index contributed by atoms with van der Waals surface area (Å²) in [7, 11) is 0. The van der Waals surface area contributed by atoms with Gasteiger partial charge in [0, 0.05) is 24.5 Å². The molecule has 0 rings (SSSR count). The van der Waals surface area contributed by atoms with Gasteiger partial charge in [-0.2, -0.15) is 0 Å². The van der Waals surface area contributed by atoms with Crippen LogP contribution >= 0.6 is 0 Å². The first-order valence-electron chi connectivity index (χ1n) is 5.03. The van der Waals surface area contributed by atoms with E-state index in [0.29, 0.717) is 5.71 Å². The fourth-order valence-corrected chi connectivity index (χ4v) is 0.898. The van der Waals surface area contributed by atoms with E-state index in [9.17, 15) is 0 Å². The molecule has 0 spiro atoms. The summed E-state index contributed by atoms with van der Waals surface area (Å²) in [5.74, 6) is 0. The Morgan fingerprint density at radius 2 is 2.00 bits per heavy atom. The van der Waals surface area contributed by atoms with Gasteiger partial charge < -0.3 is 16.0 Å². The third kappa shape index (κ3) is 9.00. The van der Waals surface area contributed by atoms with Crippen LogP contribution in [0.15, 0.2) is 24.4 Å². The summed E-state index contributed by atoms with van der Waals surface area (Å²) in [4.78, 5) is 0. The van der Waals surface area contributed by atoms with Crippen molar-refractivity contribution in [3.63, 3.8) is 0 Å². The van der Waals surface area contributed by atoms with E-state index in [1.54, 1.807) is 13.0 Å². The third-order valence-electron chi connectivity index (χ3n) is 1.62. The topological polar surface area (TPSA) is 47.9 Å². The van der Waals surface area contributed by atoms with Gasteiger partial charge in [0.05, 0.1) is 0 Å². The number of hydrogen-bond acceptors (Lipinski definition) is 3. The van der Waals surface area contributed by atoms with Gasteiger partial charge in [-0.15, -0.1) is 0 Å². The van der Waals surface area contributed by atoms with Gasteiger partial charge in [-0.3, -0.25) is 0 Å². The Hall–Kier alpha value is -1.09. The molecule has 0 amide bonds. The maximum atomic E-state index is 7.19. The molecule has 0 aliphatic rings. The third-order valence-corrected chi connectivity index (χ3v) is 1.62. The minimum Gasteiger partial charge on any atom is -0.384 e.